The van der Waals surface area contributed by atoms with E-state index >= 15 is 0 Å². The van der Waals surface area contributed by atoms with Gasteiger partial charge in [-0.15, -0.1) is 0 Å². The molecule has 1 aliphatic heterocycles. The minimum Gasteiger partial charge on any atom is -0.309 e. The summed E-state index contributed by atoms with van der Waals surface area (Å²) in [5.41, 5.74) is 16.0. The second kappa shape index (κ2) is 13.9. The van der Waals surface area contributed by atoms with Crippen LogP contribution in [0.4, 0.5) is 11.4 Å². The molecule has 1 aliphatic rings. The molecule has 0 unspecified atom stereocenters. The van der Waals surface area contributed by atoms with Crippen LogP contribution in [0.5, 0.6) is 0 Å². The van der Waals surface area contributed by atoms with Crippen molar-refractivity contribution in [3.8, 4) is 39.1 Å². The van der Waals surface area contributed by atoms with Crippen LogP contribution in [0.1, 0.15) is 19.4 Å². The quantitative estimate of drug-likeness (QED) is 0.146. The third kappa shape index (κ3) is 5.46. The molecule has 0 spiro atoms. The summed E-state index contributed by atoms with van der Waals surface area (Å²) in [7, 11) is 0. The van der Waals surface area contributed by atoms with Crippen molar-refractivity contribution in [2.75, 3.05) is 4.90 Å². The van der Waals surface area contributed by atoms with Gasteiger partial charge in [0.2, 0.25) is 0 Å². The maximum atomic E-state index is 4.08. The molecule has 8 rings (SSSR count). The molecule has 0 saturated heterocycles. The number of anilines is 2. The Balaban J connectivity index is 1.55. The van der Waals surface area contributed by atoms with E-state index in [1.165, 1.54) is 44.1 Å². The lowest BCUT2D eigenvalue weighted by Gasteiger charge is -2.28. The first-order valence-corrected chi connectivity index (χ1v) is 17.8. The summed E-state index contributed by atoms with van der Waals surface area (Å²) in [6.45, 7) is 12.3. The van der Waals surface area contributed by atoms with Crippen LogP contribution in [0.3, 0.4) is 0 Å². The summed E-state index contributed by atoms with van der Waals surface area (Å²) in [4.78, 5) is 2.38. The Kier molecular flexibility index (Phi) is 8.73. The van der Waals surface area contributed by atoms with E-state index in [-0.39, 0.29) is 0 Å². The molecule has 52 heavy (non-hydrogen) atoms. The number of aromatic nitrogens is 1. The van der Waals surface area contributed by atoms with E-state index < -0.39 is 0 Å². The van der Waals surface area contributed by atoms with Crippen molar-refractivity contribution in [1.82, 2.24) is 4.57 Å². The van der Waals surface area contributed by atoms with Crippen LogP contribution in [-0.4, -0.2) is 4.57 Å². The zero-order valence-electron chi connectivity index (χ0n) is 29.6. The van der Waals surface area contributed by atoms with Gasteiger partial charge in [-0.2, -0.15) is 0 Å². The highest BCUT2D eigenvalue weighted by atomic mass is 15.2. The van der Waals surface area contributed by atoms with Crippen molar-refractivity contribution in [1.29, 1.82) is 0 Å². The van der Waals surface area contributed by atoms with Gasteiger partial charge < -0.3 is 9.47 Å². The Hall–Kier alpha value is -6.64. The van der Waals surface area contributed by atoms with E-state index in [2.05, 4.69) is 206 Å². The summed E-state index contributed by atoms with van der Waals surface area (Å²) in [5.74, 6) is 0. The molecule has 250 valence electrons. The van der Waals surface area contributed by atoms with Gasteiger partial charge in [0.15, 0.2) is 0 Å². The highest BCUT2D eigenvalue weighted by Crippen LogP contribution is 2.53. The molecule has 1 aromatic heterocycles. The average Bonchev–Trinajstić information content (AvgIpc) is 3.46. The molecule has 0 aliphatic carbocycles. The second-order valence-electron chi connectivity index (χ2n) is 12.9. The van der Waals surface area contributed by atoms with E-state index in [9.17, 15) is 0 Å². The Labute approximate surface area is 306 Å². The molecule has 0 bridgehead atoms. The third-order valence-electron chi connectivity index (χ3n) is 9.83. The molecule has 0 saturated carbocycles. The average molecular weight is 669 g/mol. The summed E-state index contributed by atoms with van der Waals surface area (Å²) < 4.78 is 2.49. The van der Waals surface area contributed by atoms with Crippen LogP contribution < -0.4 is 4.90 Å². The number of benzene rings is 6. The predicted molar refractivity (Wildman–Crippen MR) is 225 cm³/mol. The maximum Gasteiger partial charge on any atom is 0.0626 e. The van der Waals surface area contributed by atoms with Gasteiger partial charge in [0, 0.05) is 38.8 Å². The SMILES string of the molecule is C=C/C=C(\C=C/C)c1cc(-c2ccccc2)cc(-n2c3ccccc3c3ccc4c(c32)-c2ccccc2N(C(/C=C\C)=C/C=C)c2ccccc2-4)c1. The first kappa shape index (κ1) is 32.6. The molecular weight excluding hydrogens is 629 g/mol. The first-order valence-electron chi connectivity index (χ1n) is 17.8. The molecule has 0 N–H and O–H groups in total. The van der Waals surface area contributed by atoms with Crippen LogP contribution in [-0.2, 0) is 0 Å². The standard InChI is InChI=1S/C50H40N2/c1-5-18-35(19-6-2)37-32-38(36-22-10-9-11-23-36)34-40(33-37)52-47-28-16-13-25-42(47)44-31-30-43-41-24-12-15-27-46(41)51(39(20-7-3)21-8-4)48-29-17-14-26-45(48)49(43)50(44)52/h5-34H,1,3H2,2,4H3/b19-6-,21-8-,35-18+,39-20+. The monoisotopic (exact) mass is 668 g/mol. The molecule has 0 fully saturated rings. The fraction of sp³-hybridized carbons (Fsp3) is 0.0400. The summed E-state index contributed by atoms with van der Waals surface area (Å²) in [6.07, 6.45) is 16.4. The number of fused-ring (bicyclic) bond motifs is 9. The molecule has 0 atom stereocenters. The molecule has 7 aromatic rings. The molecule has 6 aromatic carbocycles. The smallest absolute Gasteiger partial charge is 0.0626 e. The van der Waals surface area contributed by atoms with Crippen molar-refractivity contribution in [2.45, 2.75) is 13.8 Å². The summed E-state index contributed by atoms with van der Waals surface area (Å²) >= 11 is 0. The number of allylic oxidation sites excluding steroid dienone is 9. The first-order chi connectivity index (χ1) is 25.7. The summed E-state index contributed by atoms with van der Waals surface area (Å²) in [5, 5.41) is 2.43. The molecule has 2 heterocycles. The van der Waals surface area contributed by atoms with Crippen molar-refractivity contribution >= 4 is 38.8 Å². The minimum atomic E-state index is 1.05. The predicted octanol–water partition coefficient (Wildman–Crippen LogP) is 14.0. The van der Waals surface area contributed by atoms with Gasteiger partial charge >= 0.3 is 0 Å². The zero-order valence-corrected chi connectivity index (χ0v) is 29.6. The maximum absolute atomic E-state index is 4.08. The van der Waals surface area contributed by atoms with Gasteiger partial charge in [-0.25, -0.2) is 0 Å². The Morgan fingerprint density at radius 2 is 1.23 bits per heavy atom. The van der Waals surface area contributed by atoms with E-state index in [0.29, 0.717) is 0 Å². The molecule has 0 radical (unpaired) electrons. The van der Waals surface area contributed by atoms with E-state index in [1.54, 1.807) is 0 Å². The number of para-hydroxylation sites is 3. The lowest BCUT2D eigenvalue weighted by atomic mass is 9.92. The van der Waals surface area contributed by atoms with Crippen LogP contribution >= 0.6 is 0 Å². The van der Waals surface area contributed by atoms with Crippen LogP contribution in [0, 0.1) is 0 Å². The van der Waals surface area contributed by atoms with E-state index in [4.69, 9.17) is 0 Å². The molecular formula is C50H40N2. The molecule has 2 heteroatoms. The third-order valence-corrected chi connectivity index (χ3v) is 9.83. The van der Waals surface area contributed by atoms with Crippen LogP contribution in [0.2, 0.25) is 0 Å². The van der Waals surface area contributed by atoms with Gasteiger partial charge in [-0.3, -0.25) is 0 Å². The Bertz CT molecular complexity index is 2620. The van der Waals surface area contributed by atoms with Gasteiger partial charge in [0.25, 0.3) is 0 Å². The highest BCUT2D eigenvalue weighted by Gasteiger charge is 2.29. The number of rotatable bonds is 8. The number of hydrogen-bond donors (Lipinski definition) is 0. The molecule has 0 amide bonds. The van der Waals surface area contributed by atoms with Crippen molar-refractivity contribution in [3.05, 3.63) is 206 Å². The minimum absolute atomic E-state index is 1.05. The summed E-state index contributed by atoms with van der Waals surface area (Å²) in [6, 6.07) is 48.6. The Morgan fingerprint density at radius 1 is 0.558 bits per heavy atom. The van der Waals surface area contributed by atoms with Gasteiger partial charge in [-0.1, -0.05) is 147 Å². The van der Waals surface area contributed by atoms with Crippen molar-refractivity contribution < 1.29 is 0 Å². The van der Waals surface area contributed by atoms with Gasteiger partial charge in [0.05, 0.1) is 22.4 Å². The Morgan fingerprint density at radius 3 is 1.98 bits per heavy atom. The van der Waals surface area contributed by atoms with Crippen LogP contribution in [0.15, 0.2) is 201 Å². The number of nitrogens with zero attached hydrogens (tertiary/aromatic N) is 2. The highest BCUT2D eigenvalue weighted by molar-refractivity contribution is 6.19. The van der Waals surface area contributed by atoms with Crippen LogP contribution in [0.25, 0.3) is 66.4 Å². The van der Waals surface area contributed by atoms with Gasteiger partial charge in [0.1, 0.15) is 0 Å². The van der Waals surface area contributed by atoms with Crippen molar-refractivity contribution in [2.24, 2.45) is 0 Å². The van der Waals surface area contributed by atoms with E-state index in [1.807, 2.05) is 12.2 Å². The lowest BCUT2D eigenvalue weighted by molar-refractivity contribution is 1.18. The fourth-order valence-electron chi connectivity index (χ4n) is 7.76. The number of hydrogen-bond acceptors (Lipinski definition) is 1. The fourth-order valence-corrected chi connectivity index (χ4v) is 7.76. The zero-order chi connectivity index (χ0) is 35.6. The lowest BCUT2D eigenvalue weighted by Crippen LogP contribution is -2.15. The largest absolute Gasteiger partial charge is 0.309 e. The van der Waals surface area contributed by atoms with Gasteiger partial charge in [-0.05, 0) is 90.2 Å². The topological polar surface area (TPSA) is 8.17 Å². The molecule has 2 nitrogen and oxygen atoms in total. The second-order valence-corrected chi connectivity index (χ2v) is 12.9. The normalized spacial score (nSPS) is 13.0. The van der Waals surface area contributed by atoms with E-state index in [0.717, 1.165) is 45.0 Å². The van der Waals surface area contributed by atoms with Crippen molar-refractivity contribution in [3.63, 3.8) is 0 Å².